The van der Waals surface area contributed by atoms with Crippen LogP contribution in [0.2, 0.25) is 10.0 Å². The molecule has 2 aromatic carbocycles. The molecule has 29 heavy (non-hydrogen) atoms. The van der Waals surface area contributed by atoms with E-state index in [4.69, 9.17) is 32.7 Å². The monoisotopic (exact) mass is 437 g/mol. The maximum Gasteiger partial charge on any atom is 0.341 e. The summed E-state index contributed by atoms with van der Waals surface area (Å²) in [7, 11) is 0. The fraction of sp³-hybridized carbons (Fsp3) is 0.409. The number of carbonyl (C=O) groups is 1. The average Bonchev–Trinajstić information content (AvgIpc) is 3.46. The Labute approximate surface area is 179 Å². The van der Waals surface area contributed by atoms with Gasteiger partial charge in [0.15, 0.2) is 0 Å². The lowest BCUT2D eigenvalue weighted by molar-refractivity contribution is 0.0467. The van der Waals surface area contributed by atoms with E-state index in [1.807, 2.05) is 0 Å². The minimum Gasteiger partial charge on any atom is -0.490 e. The molecule has 0 unspecified atom stereocenters. The van der Waals surface area contributed by atoms with Gasteiger partial charge < -0.3 is 9.47 Å². The van der Waals surface area contributed by atoms with E-state index in [1.165, 1.54) is 12.1 Å². The van der Waals surface area contributed by atoms with E-state index in [-0.39, 0.29) is 17.8 Å². The molecule has 0 radical (unpaired) electrons. The SMILES string of the molecule is O=C(OC1CC1)c1ccc(CN2CCC(Oc3cc(Cl)cc(Cl)c3)CC2)cc1F. The number of carbonyl (C=O) groups excluding carboxylic acids is 1. The molecule has 0 spiro atoms. The Kier molecular flexibility index (Phi) is 6.28. The van der Waals surface area contributed by atoms with Gasteiger partial charge >= 0.3 is 5.97 Å². The molecule has 1 aliphatic carbocycles. The smallest absolute Gasteiger partial charge is 0.341 e. The third-order valence-corrected chi connectivity index (χ3v) is 5.57. The lowest BCUT2D eigenvalue weighted by Gasteiger charge is -2.32. The second-order valence-electron chi connectivity index (χ2n) is 7.62. The molecule has 1 saturated heterocycles. The molecule has 2 fully saturated rings. The minimum absolute atomic E-state index is 0.00735. The first kappa shape index (κ1) is 20.5. The summed E-state index contributed by atoms with van der Waals surface area (Å²) in [6, 6.07) is 9.95. The van der Waals surface area contributed by atoms with Crippen molar-refractivity contribution in [2.45, 2.75) is 44.4 Å². The molecular weight excluding hydrogens is 416 g/mol. The number of hydrogen-bond acceptors (Lipinski definition) is 4. The molecule has 1 aliphatic heterocycles. The molecule has 0 bridgehead atoms. The molecule has 7 heteroatoms. The average molecular weight is 438 g/mol. The van der Waals surface area contributed by atoms with E-state index in [0.717, 1.165) is 44.3 Å². The quantitative estimate of drug-likeness (QED) is 0.559. The molecule has 4 nitrogen and oxygen atoms in total. The van der Waals surface area contributed by atoms with Gasteiger partial charge in [0.05, 0.1) is 5.56 Å². The van der Waals surface area contributed by atoms with Crippen LogP contribution in [-0.4, -0.2) is 36.2 Å². The Hall–Kier alpha value is -1.82. The van der Waals surface area contributed by atoms with E-state index in [1.54, 1.807) is 24.3 Å². The molecule has 4 rings (SSSR count). The van der Waals surface area contributed by atoms with E-state index in [9.17, 15) is 9.18 Å². The summed E-state index contributed by atoms with van der Waals surface area (Å²) in [4.78, 5) is 14.2. The van der Waals surface area contributed by atoms with Gasteiger partial charge in [-0.05, 0) is 61.6 Å². The number of nitrogens with zero attached hydrogens (tertiary/aromatic N) is 1. The van der Waals surface area contributed by atoms with E-state index in [2.05, 4.69) is 4.90 Å². The summed E-state index contributed by atoms with van der Waals surface area (Å²) in [6.07, 6.45) is 3.52. The predicted octanol–water partition coefficient (Wildman–Crippen LogP) is 5.50. The topological polar surface area (TPSA) is 38.8 Å². The summed E-state index contributed by atoms with van der Waals surface area (Å²) in [5, 5.41) is 1.10. The van der Waals surface area contributed by atoms with Gasteiger partial charge in [0.2, 0.25) is 0 Å². The molecule has 1 heterocycles. The van der Waals surface area contributed by atoms with Crippen LogP contribution in [-0.2, 0) is 11.3 Å². The first-order valence-corrected chi connectivity index (χ1v) is 10.6. The van der Waals surface area contributed by atoms with Gasteiger partial charge in [0.1, 0.15) is 23.8 Å². The lowest BCUT2D eigenvalue weighted by Crippen LogP contribution is -2.37. The van der Waals surface area contributed by atoms with Crippen molar-refractivity contribution in [3.63, 3.8) is 0 Å². The Morgan fingerprint density at radius 2 is 1.69 bits per heavy atom. The van der Waals surface area contributed by atoms with Gasteiger partial charge in [-0.2, -0.15) is 0 Å². The van der Waals surface area contributed by atoms with E-state index in [0.29, 0.717) is 22.3 Å². The van der Waals surface area contributed by atoms with Crippen LogP contribution in [0.15, 0.2) is 36.4 Å². The van der Waals surface area contributed by atoms with Crippen molar-refractivity contribution in [1.82, 2.24) is 4.90 Å². The number of piperidine rings is 1. The van der Waals surface area contributed by atoms with Gasteiger partial charge in [-0.15, -0.1) is 0 Å². The van der Waals surface area contributed by atoms with Crippen molar-refractivity contribution in [3.05, 3.63) is 63.4 Å². The number of halogens is 3. The Morgan fingerprint density at radius 1 is 1.00 bits per heavy atom. The summed E-state index contributed by atoms with van der Waals surface area (Å²) in [5.41, 5.74) is 0.847. The van der Waals surface area contributed by atoms with Gasteiger partial charge in [0, 0.05) is 29.7 Å². The number of ether oxygens (including phenoxy) is 2. The largest absolute Gasteiger partial charge is 0.490 e. The molecule has 0 atom stereocenters. The second-order valence-corrected chi connectivity index (χ2v) is 8.49. The fourth-order valence-electron chi connectivity index (χ4n) is 3.46. The Balaban J connectivity index is 1.29. The summed E-state index contributed by atoms with van der Waals surface area (Å²) < 4.78 is 25.5. The first-order valence-electron chi connectivity index (χ1n) is 9.81. The highest BCUT2D eigenvalue weighted by molar-refractivity contribution is 6.34. The van der Waals surface area contributed by atoms with Crippen LogP contribution in [0.3, 0.4) is 0 Å². The van der Waals surface area contributed by atoms with Crippen LogP contribution in [0.5, 0.6) is 5.75 Å². The highest BCUT2D eigenvalue weighted by atomic mass is 35.5. The Bertz CT molecular complexity index is 875. The zero-order valence-electron chi connectivity index (χ0n) is 15.9. The zero-order chi connectivity index (χ0) is 20.4. The van der Waals surface area contributed by atoms with Crippen LogP contribution in [0.4, 0.5) is 4.39 Å². The molecule has 2 aliphatic rings. The molecule has 0 aromatic heterocycles. The van der Waals surface area contributed by atoms with Crippen LogP contribution in [0.25, 0.3) is 0 Å². The summed E-state index contributed by atoms with van der Waals surface area (Å²) in [5.74, 6) is -0.420. The van der Waals surface area contributed by atoms with E-state index >= 15 is 0 Å². The maximum absolute atomic E-state index is 14.3. The van der Waals surface area contributed by atoms with Crippen molar-refractivity contribution >= 4 is 29.2 Å². The predicted molar refractivity (Wildman–Crippen MR) is 110 cm³/mol. The molecular formula is C22H22Cl2FNO3. The normalized spacial score (nSPS) is 17.9. The molecule has 2 aromatic rings. The number of esters is 1. The summed E-state index contributed by atoms with van der Waals surface area (Å²) in [6.45, 7) is 2.31. The number of hydrogen-bond donors (Lipinski definition) is 0. The van der Waals surface area contributed by atoms with Crippen LogP contribution in [0, 0.1) is 5.82 Å². The number of likely N-dealkylation sites (tertiary alicyclic amines) is 1. The second kappa shape index (κ2) is 8.90. The third kappa shape index (κ3) is 5.62. The van der Waals surface area contributed by atoms with Crippen molar-refractivity contribution < 1.29 is 18.7 Å². The first-order chi connectivity index (χ1) is 14.0. The fourth-order valence-corrected chi connectivity index (χ4v) is 3.96. The van der Waals surface area contributed by atoms with Gasteiger partial charge in [-0.25, -0.2) is 9.18 Å². The molecule has 0 amide bonds. The highest BCUT2D eigenvalue weighted by Crippen LogP contribution is 2.28. The third-order valence-electron chi connectivity index (χ3n) is 5.13. The van der Waals surface area contributed by atoms with Crippen molar-refractivity contribution in [2.24, 2.45) is 0 Å². The van der Waals surface area contributed by atoms with Crippen LogP contribution < -0.4 is 4.74 Å². The number of benzene rings is 2. The van der Waals surface area contributed by atoms with Crippen LogP contribution in [0.1, 0.15) is 41.6 Å². The van der Waals surface area contributed by atoms with E-state index < -0.39 is 11.8 Å². The standard InChI is InChI=1S/C22H22Cl2FNO3/c23-15-10-16(24)12-19(11-15)28-18-5-7-26(8-6-18)13-14-1-4-20(21(25)9-14)22(27)29-17-2-3-17/h1,4,9-12,17-18H,2-3,5-8,13H2. The van der Waals surface area contributed by atoms with Gasteiger partial charge in [0.25, 0.3) is 0 Å². The number of rotatable bonds is 6. The van der Waals surface area contributed by atoms with Crippen molar-refractivity contribution in [3.8, 4) is 5.75 Å². The molecule has 154 valence electrons. The van der Waals surface area contributed by atoms with Crippen molar-refractivity contribution in [1.29, 1.82) is 0 Å². The Morgan fingerprint density at radius 3 is 2.31 bits per heavy atom. The van der Waals surface area contributed by atoms with Gasteiger partial charge in [-0.1, -0.05) is 29.3 Å². The van der Waals surface area contributed by atoms with Crippen molar-refractivity contribution in [2.75, 3.05) is 13.1 Å². The summed E-state index contributed by atoms with van der Waals surface area (Å²) >= 11 is 12.0. The molecule has 1 saturated carbocycles. The maximum atomic E-state index is 14.3. The van der Waals surface area contributed by atoms with Crippen LogP contribution >= 0.6 is 23.2 Å². The zero-order valence-corrected chi connectivity index (χ0v) is 17.4. The van der Waals surface area contributed by atoms with Gasteiger partial charge in [-0.3, -0.25) is 4.90 Å². The lowest BCUT2D eigenvalue weighted by atomic mass is 10.1. The highest BCUT2D eigenvalue weighted by Gasteiger charge is 2.28. The minimum atomic E-state index is -0.573. The molecule has 0 N–H and O–H groups in total.